The van der Waals surface area contributed by atoms with Gasteiger partial charge in [0.05, 0.1) is 51.1 Å². The second-order valence-electron chi connectivity index (χ2n) is 14.1. The Hall–Kier alpha value is -7.73. The van der Waals surface area contributed by atoms with E-state index in [9.17, 15) is 10.5 Å². The third-order valence-corrected chi connectivity index (χ3v) is 11.5. The van der Waals surface area contributed by atoms with E-state index in [1.165, 1.54) is 33.4 Å². The molecule has 2 aromatic heterocycles. The monoisotopic (exact) mass is 699 g/mol. The molecule has 254 valence electrons. The normalized spacial score (nSPS) is 13.2. The Bertz CT molecular complexity index is 2980. The summed E-state index contributed by atoms with van der Waals surface area (Å²) in [6, 6.07) is 62.2. The van der Waals surface area contributed by atoms with E-state index in [0.717, 1.165) is 50.1 Å². The number of benzene rings is 7. The fourth-order valence-corrected chi connectivity index (χ4v) is 9.48. The van der Waals surface area contributed by atoms with Crippen LogP contribution in [0, 0.1) is 22.7 Å². The molecule has 0 saturated carbocycles. The number of aromatic nitrogens is 2. The number of para-hydroxylation sites is 3. The van der Waals surface area contributed by atoms with Gasteiger partial charge in [-0.2, -0.15) is 10.5 Å². The number of hydrogen-bond acceptors (Lipinski definition) is 4. The average Bonchev–Trinajstić information content (AvgIpc) is 3.74. The summed E-state index contributed by atoms with van der Waals surface area (Å²) in [5.74, 6) is 0. The van der Waals surface area contributed by atoms with Gasteiger partial charge in [0.2, 0.25) is 0 Å². The Balaban J connectivity index is 1.26. The van der Waals surface area contributed by atoms with Gasteiger partial charge in [0, 0.05) is 40.1 Å². The molecular weight excluding hydrogens is 671 g/mol. The molecule has 11 rings (SSSR count). The molecule has 0 bridgehead atoms. The van der Waals surface area contributed by atoms with Crippen LogP contribution in [0.2, 0.25) is 0 Å². The highest BCUT2D eigenvalue weighted by Gasteiger charge is 2.51. The quantitative estimate of drug-likeness (QED) is 0.184. The van der Waals surface area contributed by atoms with Crippen molar-refractivity contribution in [3.05, 3.63) is 210 Å². The van der Waals surface area contributed by atoms with Crippen LogP contribution in [-0.4, -0.2) is 9.55 Å². The Morgan fingerprint density at radius 2 is 1.04 bits per heavy atom. The van der Waals surface area contributed by atoms with Gasteiger partial charge in [-0.25, -0.2) is 0 Å². The standard InChI is InChI=1S/C50H29N5/c51-29-32-12-11-13-33(30-52)49(32)34-26-35(54-45-21-8-3-16-39(45)40-31-53-25-24-46(40)54)28-36(27-34)55-47-22-9-6-19-43(47)50(44-20-7-10-23-48(44)55)41-17-4-1-14-37(41)38-15-2-5-18-42(38)50/h1-28,31H. The molecule has 1 spiro atoms. The van der Waals surface area contributed by atoms with Gasteiger partial charge in [-0.05, 0) is 93.5 Å². The number of rotatable bonds is 3. The summed E-state index contributed by atoms with van der Waals surface area (Å²) < 4.78 is 2.27. The summed E-state index contributed by atoms with van der Waals surface area (Å²) in [6.45, 7) is 0. The van der Waals surface area contributed by atoms with Gasteiger partial charge in [0.1, 0.15) is 0 Å². The van der Waals surface area contributed by atoms with Crippen LogP contribution in [-0.2, 0) is 5.41 Å². The zero-order valence-electron chi connectivity index (χ0n) is 29.5. The molecule has 1 aliphatic carbocycles. The van der Waals surface area contributed by atoms with Gasteiger partial charge in [-0.15, -0.1) is 0 Å². The van der Waals surface area contributed by atoms with Crippen LogP contribution in [0.25, 0.3) is 49.7 Å². The first-order chi connectivity index (χ1) is 27.2. The molecule has 9 aromatic rings. The van der Waals surface area contributed by atoms with E-state index < -0.39 is 5.41 Å². The third-order valence-electron chi connectivity index (χ3n) is 11.5. The number of pyridine rings is 1. The largest absolute Gasteiger partial charge is 0.310 e. The summed E-state index contributed by atoms with van der Waals surface area (Å²) in [4.78, 5) is 6.86. The van der Waals surface area contributed by atoms with E-state index in [2.05, 4.69) is 172 Å². The van der Waals surface area contributed by atoms with Crippen LogP contribution in [0.15, 0.2) is 176 Å². The van der Waals surface area contributed by atoms with Gasteiger partial charge in [0.15, 0.2) is 0 Å². The fourth-order valence-electron chi connectivity index (χ4n) is 9.48. The lowest BCUT2D eigenvalue weighted by atomic mass is 9.64. The minimum Gasteiger partial charge on any atom is -0.310 e. The first-order valence-corrected chi connectivity index (χ1v) is 18.3. The molecule has 2 aliphatic rings. The number of fused-ring (bicyclic) bond motifs is 12. The Kier molecular flexibility index (Phi) is 6.53. The SMILES string of the molecule is N#Cc1cccc(C#N)c1-c1cc(N2c3ccccc3C3(c4ccccc4-c4ccccc43)c3ccccc32)cc(-n2c3ccccc3c3cnccc32)c1. The average molecular weight is 700 g/mol. The van der Waals surface area contributed by atoms with Crippen LogP contribution in [0.5, 0.6) is 0 Å². The minimum atomic E-state index is -0.543. The minimum absolute atomic E-state index is 0.450. The third kappa shape index (κ3) is 4.12. The predicted molar refractivity (Wildman–Crippen MR) is 219 cm³/mol. The van der Waals surface area contributed by atoms with Crippen molar-refractivity contribution < 1.29 is 0 Å². The first kappa shape index (κ1) is 30.9. The fraction of sp³-hybridized carbons (Fsp3) is 0.0200. The highest BCUT2D eigenvalue weighted by atomic mass is 15.2. The van der Waals surface area contributed by atoms with Crippen molar-refractivity contribution in [2.45, 2.75) is 5.41 Å². The zero-order chi connectivity index (χ0) is 36.7. The second kappa shape index (κ2) is 11.6. The molecular formula is C50H29N5. The van der Waals surface area contributed by atoms with E-state index in [4.69, 9.17) is 0 Å². The van der Waals surface area contributed by atoms with Crippen LogP contribution in [0.3, 0.4) is 0 Å². The molecule has 5 heteroatoms. The van der Waals surface area contributed by atoms with Crippen molar-refractivity contribution in [2.75, 3.05) is 4.90 Å². The van der Waals surface area contributed by atoms with Crippen molar-refractivity contribution in [2.24, 2.45) is 0 Å². The van der Waals surface area contributed by atoms with Crippen LogP contribution in [0.1, 0.15) is 33.4 Å². The smallest absolute Gasteiger partial charge is 0.0998 e. The number of nitriles is 2. The van der Waals surface area contributed by atoms with Crippen LogP contribution < -0.4 is 4.90 Å². The van der Waals surface area contributed by atoms with Crippen molar-refractivity contribution in [3.8, 4) is 40.1 Å². The maximum Gasteiger partial charge on any atom is 0.0998 e. The zero-order valence-corrected chi connectivity index (χ0v) is 29.5. The molecule has 0 atom stereocenters. The van der Waals surface area contributed by atoms with E-state index in [1.807, 2.05) is 12.4 Å². The van der Waals surface area contributed by atoms with Gasteiger partial charge in [-0.1, -0.05) is 109 Å². The molecule has 0 fully saturated rings. The van der Waals surface area contributed by atoms with Crippen molar-refractivity contribution in [1.82, 2.24) is 9.55 Å². The van der Waals surface area contributed by atoms with Crippen LogP contribution >= 0.6 is 0 Å². The second-order valence-corrected chi connectivity index (χ2v) is 14.1. The lowest BCUT2D eigenvalue weighted by molar-refractivity contribution is 0.752. The molecule has 0 saturated heterocycles. The topological polar surface area (TPSA) is 68.6 Å². The Morgan fingerprint density at radius 1 is 0.491 bits per heavy atom. The van der Waals surface area contributed by atoms with Gasteiger partial charge >= 0.3 is 0 Å². The van der Waals surface area contributed by atoms with E-state index >= 15 is 0 Å². The number of anilines is 3. The van der Waals surface area contributed by atoms with Crippen molar-refractivity contribution >= 4 is 38.9 Å². The van der Waals surface area contributed by atoms with Gasteiger partial charge in [-0.3, -0.25) is 4.98 Å². The maximum absolute atomic E-state index is 10.4. The Labute approximate surface area is 317 Å². The van der Waals surface area contributed by atoms with E-state index in [-0.39, 0.29) is 0 Å². The maximum atomic E-state index is 10.4. The first-order valence-electron chi connectivity index (χ1n) is 18.3. The molecule has 5 nitrogen and oxygen atoms in total. The van der Waals surface area contributed by atoms with Crippen molar-refractivity contribution in [3.63, 3.8) is 0 Å². The Morgan fingerprint density at radius 3 is 1.69 bits per heavy atom. The summed E-state index contributed by atoms with van der Waals surface area (Å²) in [5, 5.41) is 23.0. The highest BCUT2D eigenvalue weighted by Crippen LogP contribution is 2.63. The predicted octanol–water partition coefficient (Wildman–Crippen LogP) is 11.7. The van der Waals surface area contributed by atoms with Gasteiger partial charge < -0.3 is 9.47 Å². The molecule has 0 amide bonds. The molecule has 0 unspecified atom stereocenters. The molecule has 0 radical (unpaired) electrons. The molecule has 55 heavy (non-hydrogen) atoms. The van der Waals surface area contributed by atoms with E-state index in [1.54, 1.807) is 18.2 Å². The number of hydrogen-bond donors (Lipinski definition) is 0. The molecule has 0 N–H and O–H groups in total. The lowest BCUT2D eigenvalue weighted by Gasteiger charge is -2.45. The van der Waals surface area contributed by atoms with Gasteiger partial charge in [0.25, 0.3) is 0 Å². The summed E-state index contributed by atoms with van der Waals surface area (Å²) in [5.41, 5.74) is 15.2. The molecule has 1 aliphatic heterocycles. The van der Waals surface area contributed by atoms with Crippen molar-refractivity contribution in [1.29, 1.82) is 10.5 Å². The number of nitrogens with zero attached hydrogens (tertiary/aromatic N) is 5. The summed E-state index contributed by atoms with van der Waals surface area (Å²) in [6.07, 6.45) is 3.75. The van der Waals surface area contributed by atoms with E-state index in [0.29, 0.717) is 16.7 Å². The lowest BCUT2D eigenvalue weighted by Crippen LogP contribution is -2.36. The van der Waals surface area contributed by atoms with Crippen LogP contribution in [0.4, 0.5) is 17.1 Å². The molecule has 7 aromatic carbocycles. The molecule has 3 heterocycles. The summed E-state index contributed by atoms with van der Waals surface area (Å²) in [7, 11) is 0. The summed E-state index contributed by atoms with van der Waals surface area (Å²) >= 11 is 0. The highest BCUT2D eigenvalue weighted by molar-refractivity contribution is 6.09.